The number of halogens is 4. The van der Waals surface area contributed by atoms with Crippen LogP contribution in [0.2, 0.25) is 0 Å². The maximum absolute atomic E-state index is 16.5. The molecule has 2 aliphatic heterocycles. The fraction of sp³-hybridized carbons (Fsp3) is 0.515. The summed E-state index contributed by atoms with van der Waals surface area (Å²) < 4.78 is 67.8. The summed E-state index contributed by atoms with van der Waals surface area (Å²) in [5, 5.41) is 10.3. The molecule has 2 aromatic carbocycles. The first kappa shape index (κ1) is 33.1. The molecular weight excluding hydrogens is 592 g/mol. The van der Waals surface area contributed by atoms with Crippen LogP contribution in [0.5, 0.6) is 5.75 Å². The number of likely N-dealkylation sites (tertiary alicyclic amines) is 1. The number of alkyl halides is 1. The molecule has 244 valence electrons. The minimum Gasteiger partial charge on any atom is -0.497 e. The summed E-state index contributed by atoms with van der Waals surface area (Å²) in [6.07, 6.45) is 2.42. The number of hydroxylamine groups is 1. The van der Waals surface area contributed by atoms with Gasteiger partial charge in [-0.05, 0) is 99.6 Å². The number of rotatable bonds is 12. The second kappa shape index (κ2) is 14.8. The van der Waals surface area contributed by atoms with Crippen LogP contribution in [-0.2, 0) is 22.5 Å². The lowest BCUT2D eigenvalue weighted by Gasteiger charge is -2.40. The van der Waals surface area contributed by atoms with Gasteiger partial charge in [-0.2, -0.15) is 0 Å². The molecule has 0 bridgehead atoms. The summed E-state index contributed by atoms with van der Waals surface area (Å²) in [6.45, 7) is 4.90. The Morgan fingerprint density at radius 1 is 1.09 bits per heavy atom. The number of morpholine rings is 1. The van der Waals surface area contributed by atoms with E-state index in [-0.39, 0.29) is 12.8 Å². The minimum atomic E-state index is -1.48. The molecule has 1 aromatic heterocycles. The van der Waals surface area contributed by atoms with E-state index in [1.165, 1.54) is 0 Å². The summed E-state index contributed by atoms with van der Waals surface area (Å²) in [6, 6.07) is 7.41. The van der Waals surface area contributed by atoms with Crippen LogP contribution >= 0.6 is 0 Å². The van der Waals surface area contributed by atoms with E-state index in [1.807, 2.05) is 11.5 Å². The molecule has 0 aliphatic carbocycles. The Bertz CT molecular complexity index is 1460. The van der Waals surface area contributed by atoms with Crippen molar-refractivity contribution in [2.75, 3.05) is 53.0 Å². The van der Waals surface area contributed by atoms with Gasteiger partial charge in [0.15, 0.2) is 17.5 Å². The van der Waals surface area contributed by atoms with Crippen molar-refractivity contribution in [3.8, 4) is 5.75 Å². The van der Waals surface area contributed by atoms with Crippen molar-refractivity contribution >= 4 is 16.8 Å². The Hall–Kier alpha value is -3.32. The molecule has 2 N–H and O–H groups in total. The van der Waals surface area contributed by atoms with Gasteiger partial charge in [-0.1, -0.05) is 0 Å². The van der Waals surface area contributed by atoms with Crippen LogP contribution in [0.4, 0.5) is 17.6 Å². The van der Waals surface area contributed by atoms with Gasteiger partial charge in [-0.15, -0.1) is 0 Å². The molecule has 2 aliphatic rings. The Kier molecular flexibility index (Phi) is 10.9. The number of aryl methyl sites for hydroxylation is 1. The van der Waals surface area contributed by atoms with Gasteiger partial charge in [0.2, 0.25) is 5.91 Å². The van der Waals surface area contributed by atoms with E-state index < -0.39 is 34.9 Å². The largest absolute Gasteiger partial charge is 0.497 e. The number of fused-ring (bicyclic) bond motifs is 1. The van der Waals surface area contributed by atoms with Gasteiger partial charge in [-0.3, -0.25) is 19.9 Å². The molecule has 0 spiro atoms. The number of hydrogen-bond donors (Lipinski definition) is 2. The Balaban J connectivity index is 1.27. The zero-order valence-electron chi connectivity index (χ0n) is 25.5. The molecule has 3 aromatic rings. The van der Waals surface area contributed by atoms with E-state index in [0.717, 1.165) is 30.8 Å². The quantitative estimate of drug-likeness (QED) is 0.118. The number of aromatic nitrogens is 1. The topological polar surface area (TPSA) is 87.2 Å². The van der Waals surface area contributed by atoms with Gasteiger partial charge in [0, 0.05) is 36.8 Å². The average Bonchev–Trinajstić information content (AvgIpc) is 3.06. The third-order valence-electron chi connectivity index (χ3n) is 9.27. The second-order valence-electron chi connectivity index (χ2n) is 12.0. The molecular formula is C33H40F4N4O4. The number of hydrogen-bond acceptors (Lipinski definition) is 7. The van der Waals surface area contributed by atoms with Crippen molar-refractivity contribution in [3.05, 3.63) is 70.7 Å². The molecule has 45 heavy (non-hydrogen) atoms. The fourth-order valence-electron chi connectivity index (χ4n) is 6.58. The van der Waals surface area contributed by atoms with E-state index in [2.05, 4.69) is 14.8 Å². The number of nitrogens with zero attached hydrogens (tertiary/aromatic N) is 3. The van der Waals surface area contributed by atoms with Crippen LogP contribution in [0.3, 0.4) is 0 Å². The standard InChI is InChI=1S/C33H40F4N4O4/c1-44-24-4-5-29-25(19-24)30(23(20-38-29)21-41-13-15-45-16-14-41)26(34)6-7-33(32(42)39-43)8-11-40(12-9-33)10-2-3-22-17-27(35)31(37)28(36)18-22/h4-5,17-20,26,43H,2-3,6-16,21H2,1H3,(H,39,42). The average molecular weight is 633 g/mol. The number of pyridine rings is 1. The SMILES string of the molecule is COc1ccc2ncc(CN3CCOCC3)c(C(F)CCC3(C(=O)NO)CCN(CCCc4cc(F)c(F)c(F)c4)CC3)c2c1. The van der Waals surface area contributed by atoms with Gasteiger partial charge in [0.25, 0.3) is 0 Å². The molecule has 2 saturated heterocycles. The fourth-order valence-corrected chi connectivity index (χ4v) is 6.58. The predicted octanol–water partition coefficient (Wildman–Crippen LogP) is 5.50. The normalized spacial score (nSPS) is 18.2. The number of carbonyl (C=O) groups is 1. The van der Waals surface area contributed by atoms with E-state index in [4.69, 9.17) is 9.47 Å². The Labute approximate surface area is 260 Å². The third-order valence-corrected chi connectivity index (χ3v) is 9.27. The first-order valence-corrected chi connectivity index (χ1v) is 15.4. The van der Waals surface area contributed by atoms with Gasteiger partial charge < -0.3 is 14.4 Å². The van der Waals surface area contributed by atoms with Crippen LogP contribution in [-0.4, -0.2) is 78.9 Å². The Morgan fingerprint density at radius 3 is 2.47 bits per heavy atom. The van der Waals surface area contributed by atoms with E-state index in [1.54, 1.807) is 25.4 Å². The maximum Gasteiger partial charge on any atom is 0.249 e. The number of ether oxygens (including phenoxy) is 2. The molecule has 1 atom stereocenters. The smallest absolute Gasteiger partial charge is 0.249 e. The lowest BCUT2D eigenvalue weighted by atomic mass is 9.73. The van der Waals surface area contributed by atoms with Crippen molar-refractivity contribution in [2.45, 2.75) is 51.2 Å². The van der Waals surface area contributed by atoms with Gasteiger partial charge in [-0.25, -0.2) is 23.0 Å². The van der Waals surface area contributed by atoms with Crippen LogP contribution in [0.1, 0.15) is 55.0 Å². The van der Waals surface area contributed by atoms with Crippen LogP contribution in [0, 0.1) is 22.9 Å². The highest BCUT2D eigenvalue weighted by molar-refractivity contribution is 5.85. The zero-order chi connectivity index (χ0) is 32.0. The lowest BCUT2D eigenvalue weighted by molar-refractivity contribution is -0.143. The van der Waals surface area contributed by atoms with E-state index in [0.29, 0.717) is 92.9 Å². The summed E-state index contributed by atoms with van der Waals surface area (Å²) in [7, 11) is 1.56. The molecule has 12 heteroatoms. The first-order valence-electron chi connectivity index (χ1n) is 15.4. The van der Waals surface area contributed by atoms with Crippen molar-refractivity contribution in [1.29, 1.82) is 0 Å². The number of amides is 1. The lowest BCUT2D eigenvalue weighted by Crippen LogP contribution is -2.48. The molecule has 8 nitrogen and oxygen atoms in total. The van der Waals surface area contributed by atoms with Crippen molar-refractivity contribution in [1.82, 2.24) is 20.3 Å². The first-order chi connectivity index (χ1) is 21.7. The molecule has 1 amide bonds. The van der Waals surface area contributed by atoms with Crippen LogP contribution < -0.4 is 10.2 Å². The summed E-state index contributed by atoms with van der Waals surface area (Å²) in [5.41, 5.74) is 3.21. The van der Waals surface area contributed by atoms with Crippen LogP contribution in [0.15, 0.2) is 36.5 Å². The molecule has 0 saturated carbocycles. The molecule has 5 rings (SSSR count). The monoisotopic (exact) mass is 632 g/mol. The molecule has 1 unspecified atom stereocenters. The molecule has 2 fully saturated rings. The van der Waals surface area contributed by atoms with E-state index >= 15 is 4.39 Å². The minimum absolute atomic E-state index is 0.0710. The maximum atomic E-state index is 16.5. The van der Waals surface area contributed by atoms with Crippen molar-refractivity contribution in [2.24, 2.45) is 5.41 Å². The highest BCUT2D eigenvalue weighted by atomic mass is 19.2. The summed E-state index contributed by atoms with van der Waals surface area (Å²) >= 11 is 0. The van der Waals surface area contributed by atoms with E-state index in [9.17, 15) is 23.2 Å². The Morgan fingerprint density at radius 2 is 1.80 bits per heavy atom. The zero-order valence-corrected chi connectivity index (χ0v) is 25.5. The summed E-state index contributed by atoms with van der Waals surface area (Å²) in [4.78, 5) is 22.0. The molecule has 3 heterocycles. The third kappa shape index (κ3) is 7.74. The number of benzene rings is 2. The number of piperidine rings is 1. The van der Waals surface area contributed by atoms with Gasteiger partial charge >= 0.3 is 0 Å². The van der Waals surface area contributed by atoms with Crippen molar-refractivity contribution in [3.63, 3.8) is 0 Å². The second-order valence-corrected chi connectivity index (χ2v) is 12.0. The molecule has 0 radical (unpaired) electrons. The van der Waals surface area contributed by atoms with Gasteiger partial charge in [0.1, 0.15) is 11.9 Å². The highest BCUT2D eigenvalue weighted by Crippen LogP contribution is 2.42. The number of carbonyl (C=O) groups excluding carboxylic acids is 1. The van der Waals surface area contributed by atoms with Crippen LogP contribution in [0.25, 0.3) is 10.9 Å². The number of methoxy groups -OCH3 is 1. The van der Waals surface area contributed by atoms with Gasteiger partial charge in [0.05, 0.1) is 31.3 Å². The number of nitrogens with one attached hydrogen (secondary N) is 1. The predicted molar refractivity (Wildman–Crippen MR) is 160 cm³/mol. The highest BCUT2D eigenvalue weighted by Gasteiger charge is 2.41. The summed E-state index contributed by atoms with van der Waals surface area (Å²) in [5.74, 6) is -3.82. The van der Waals surface area contributed by atoms with Crippen molar-refractivity contribution < 1.29 is 37.0 Å².